The second-order valence-corrected chi connectivity index (χ2v) is 2.47. The predicted molar refractivity (Wildman–Crippen MR) is 52.4 cm³/mol. The van der Waals surface area contributed by atoms with Gasteiger partial charge in [-0.3, -0.25) is 0 Å². The molecular formula is C11H11NO. The number of hydrogen-bond acceptors (Lipinski definition) is 2. The van der Waals surface area contributed by atoms with E-state index >= 15 is 0 Å². The molecule has 0 fully saturated rings. The Morgan fingerprint density at radius 1 is 1.62 bits per heavy atom. The first-order valence-electron chi connectivity index (χ1n) is 4.11. The van der Waals surface area contributed by atoms with Gasteiger partial charge in [0.2, 0.25) is 0 Å². The maximum Gasteiger partial charge on any atom is 0.137 e. The van der Waals surface area contributed by atoms with Crippen molar-refractivity contribution in [2.24, 2.45) is 0 Å². The van der Waals surface area contributed by atoms with Crippen molar-refractivity contribution >= 4 is 6.08 Å². The van der Waals surface area contributed by atoms with E-state index in [1.54, 1.807) is 12.1 Å². The molecule has 0 heterocycles. The van der Waals surface area contributed by atoms with Gasteiger partial charge < -0.3 is 4.74 Å². The Hall–Kier alpha value is -1.75. The molecule has 0 amide bonds. The summed E-state index contributed by atoms with van der Waals surface area (Å²) < 4.78 is 5.30. The van der Waals surface area contributed by atoms with Crippen molar-refractivity contribution in [1.82, 2.24) is 0 Å². The fourth-order valence-corrected chi connectivity index (χ4v) is 1.11. The average Bonchev–Trinajstić information content (AvgIpc) is 2.18. The van der Waals surface area contributed by atoms with Crippen LogP contribution < -0.4 is 4.74 Å². The smallest absolute Gasteiger partial charge is 0.137 e. The Bertz CT molecular complexity index is 350. The minimum Gasteiger partial charge on any atom is -0.492 e. The zero-order valence-corrected chi connectivity index (χ0v) is 7.58. The first kappa shape index (κ1) is 9.34. The largest absolute Gasteiger partial charge is 0.492 e. The van der Waals surface area contributed by atoms with Gasteiger partial charge >= 0.3 is 0 Å². The molecule has 1 rings (SSSR count). The first-order valence-corrected chi connectivity index (χ1v) is 4.11. The lowest BCUT2D eigenvalue weighted by molar-refractivity contribution is 0.339. The highest BCUT2D eigenvalue weighted by Crippen LogP contribution is 2.22. The van der Waals surface area contributed by atoms with Crippen LogP contribution in [-0.4, -0.2) is 6.61 Å². The average molecular weight is 173 g/mol. The lowest BCUT2D eigenvalue weighted by Crippen LogP contribution is -1.95. The Morgan fingerprint density at radius 2 is 2.38 bits per heavy atom. The molecule has 0 aliphatic carbocycles. The summed E-state index contributed by atoms with van der Waals surface area (Å²) in [5.41, 5.74) is 1.37. The molecule has 0 saturated heterocycles. The number of nitriles is 1. The summed E-state index contributed by atoms with van der Waals surface area (Å²) in [6.07, 6.45) is 1.65. The second kappa shape index (κ2) is 4.32. The van der Waals surface area contributed by atoms with Crippen molar-refractivity contribution in [1.29, 1.82) is 5.26 Å². The maximum atomic E-state index is 8.88. The van der Waals surface area contributed by atoms with Gasteiger partial charge in [-0.1, -0.05) is 24.8 Å². The van der Waals surface area contributed by atoms with Gasteiger partial charge in [-0.2, -0.15) is 5.26 Å². The number of hydrogen-bond donors (Lipinski definition) is 0. The van der Waals surface area contributed by atoms with Crippen LogP contribution in [0.2, 0.25) is 0 Å². The molecule has 66 valence electrons. The highest BCUT2D eigenvalue weighted by Gasteiger charge is 2.05. The zero-order valence-electron chi connectivity index (χ0n) is 7.58. The van der Waals surface area contributed by atoms with Crippen molar-refractivity contribution in [3.63, 3.8) is 0 Å². The molecule has 1 aromatic carbocycles. The van der Waals surface area contributed by atoms with Gasteiger partial charge in [0.25, 0.3) is 0 Å². The first-order chi connectivity index (χ1) is 6.33. The zero-order chi connectivity index (χ0) is 9.68. The third kappa shape index (κ3) is 1.88. The van der Waals surface area contributed by atoms with Crippen LogP contribution in [0.3, 0.4) is 0 Å². The topological polar surface area (TPSA) is 33.0 Å². The highest BCUT2D eigenvalue weighted by atomic mass is 16.5. The molecule has 0 aliphatic rings. The Kier molecular flexibility index (Phi) is 3.10. The molecule has 0 spiro atoms. The van der Waals surface area contributed by atoms with Crippen molar-refractivity contribution in [3.8, 4) is 11.8 Å². The summed E-state index contributed by atoms with van der Waals surface area (Å²) in [6.45, 7) is 6.09. The summed E-state index contributed by atoms with van der Waals surface area (Å²) in [6, 6.07) is 7.58. The summed E-state index contributed by atoms with van der Waals surface area (Å²) in [7, 11) is 0. The Labute approximate surface area is 78.1 Å². The lowest BCUT2D eigenvalue weighted by atomic mass is 10.1. The standard InChI is InChI=1S/C11H11NO/c1-3-9-6-5-7-11(13-4-2)10(9)8-12/h3,5-7H,1,4H2,2H3. The van der Waals surface area contributed by atoms with E-state index in [2.05, 4.69) is 12.6 Å². The van der Waals surface area contributed by atoms with Crippen LogP contribution >= 0.6 is 0 Å². The predicted octanol–water partition coefficient (Wildman–Crippen LogP) is 2.60. The van der Waals surface area contributed by atoms with Crippen LogP contribution in [0.4, 0.5) is 0 Å². The van der Waals surface area contributed by atoms with E-state index in [9.17, 15) is 0 Å². The number of nitrogens with zero attached hydrogens (tertiary/aromatic N) is 1. The van der Waals surface area contributed by atoms with Crippen LogP contribution in [0.1, 0.15) is 18.1 Å². The molecule has 0 bridgehead atoms. The third-order valence-corrected chi connectivity index (χ3v) is 1.69. The minimum absolute atomic E-state index is 0.555. The number of benzene rings is 1. The van der Waals surface area contributed by atoms with E-state index < -0.39 is 0 Å². The molecule has 0 unspecified atom stereocenters. The SMILES string of the molecule is C=Cc1cccc(OCC)c1C#N. The van der Waals surface area contributed by atoms with Crippen molar-refractivity contribution in [2.45, 2.75) is 6.92 Å². The van der Waals surface area contributed by atoms with Gasteiger partial charge in [-0.25, -0.2) is 0 Å². The van der Waals surface area contributed by atoms with E-state index in [0.29, 0.717) is 17.9 Å². The summed E-state index contributed by atoms with van der Waals surface area (Å²) in [5, 5.41) is 8.88. The van der Waals surface area contributed by atoms with E-state index in [1.807, 2.05) is 19.1 Å². The summed E-state index contributed by atoms with van der Waals surface area (Å²) >= 11 is 0. The lowest BCUT2D eigenvalue weighted by Gasteiger charge is -2.06. The normalized spacial score (nSPS) is 8.92. The van der Waals surface area contributed by atoms with Crippen LogP contribution in [-0.2, 0) is 0 Å². The molecule has 0 saturated carbocycles. The third-order valence-electron chi connectivity index (χ3n) is 1.69. The van der Waals surface area contributed by atoms with Crippen molar-refractivity contribution in [3.05, 3.63) is 35.9 Å². The van der Waals surface area contributed by atoms with Gasteiger partial charge in [0.1, 0.15) is 17.4 Å². The van der Waals surface area contributed by atoms with Crippen LogP contribution in [0.15, 0.2) is 24.8 Å². The van der Waals surface area contributed by atoms with E-state index in [0.717, 1.165) is 5.56 Å². The van der Waals surface area contributed by atoms with Gasteiger partial charge in [0, 0.05) is 0 Å². The van der Waals surface area contributed by atoms with Crippen LogP contribution in [0.5, 0.6) is 5.75 Å². The molecule has 0 radical (unpaired) electrons. The highest BCUT2D eigenvalue weighted by molar-refractivity contribution is 5.61. The summed E-state index contributed by atoms with van der Waals surface area (Å²) in [4.78, 5) is 0. The molecule has 0 atom stereocenters. The number of rotatable bonds is 3. The molecule has 2 nitrogen and oxygen atoms in total. The molecule has 1 aromatic rings. The Morgan fingerprint density at radius 3 is 2.92 bits per heavy atom. The molecule has 0 N–H and O–H groups in total. The van der Waals surface area contributed by atoms with Crippen molar-refractivity contribution in [2.75, 3.05) is 6.61 Å². The molecule has 0 aliphatic heterocycles. The molecule has 2 heteroatoms. The van der Waals surface area contributed by atoms with E-state index in [4.69, 9.17) is 10.00 Å². The number of ether oxygens (including phenoxy) is 1. The fourth-order valence-electron chi connectivity index (χ4n) is 1.11. The fraction of sp³-hybridized carbons (Fsp3) is 0.182. The summed E-state index contributed by atoms with van der Waals surface area (Å²) in [5.74, 6) is 0.627. The molecule has 0 aromatic heterocycles. The monoisotopic (exact) mass is 173 g/mol. The minimum atomic E-state index is 0.555. The van der Waals surface area contributed by atoms with Gasteiger partial charge in [-0.15, -0.1) is 0 Å². The van der Waals surface area contributed by atoms with Gasteiger partial charge in [0.05, 0.1) is 6.61 Å². The van der Waals surface area contributed by atoms with Crippen LogP contribution in [0, 0.1) is 11.3 Å². The van der Waals surface area contributed by atoms with Crippen molar-refractivity contribution < 1.29 is 4.74 Å². The van der Waals surface area contributed by atoms with E-state index in [-0.39, 0.29) is 0 Å². The maximum absolute atomic E-state index is 8.88. The van der Waals surface area contributed by atoms with Crippen LogP contribution in [0.25, 0.3) is 6.08 Å². The Balaban J connectivity index is 3.20. The van der Waals surface area contributed by atoms with Gasteiger partial charge in [0.15, 0.2) is 0 Å². The van der Waals surface area contributed by atoms with E-state index in [1.165, 1.54) is 0 Å². The second-order valence-electron chi connectivity index (χ2n) is 2.47. The molecular weight excluding hydrogens is 162 g/mol. The van der Waals surface area contributed by atoms with Gasteiger partial charge in [-0.05, 0) is 18.6 Å². The molecule has 13 heavy (non-hydrogen) atoms. The quantitative estimate of drug-likeness (QED) is 0.703.